The van der Waals surface area contributed by atoms with Gasteiger partial charge in [-0.2, -0.15) is 0 Å². The van der Waals surface area contributed by atoms with Crippen molar-refractivity contribution >= 4 is 0 Å². The van der Waals surface area contributed by atoms with Crippen LogP contribution in [0.3, 0.4) is 0 Å². The van der Waals surface area contributed by atoms with E-state index < -0.39 is 5.60 Å². The van der Waals surface area contributed by atoms with Crippen molar-refractivity contribution in [2.45, 2.75) is 5.60 Å². The van der Waals surface area contributed by atoms with Gasteiger partial charge in [0.15, 0.2) is 0 Å². The molecule has 0 unspecified atom stereocenters. The molecule has 0 radical (unpaired) electrons. The Morgan fingerprint density at radius 2 is 0.261 bits per heavy atom. The third-order valence-electron chi connectivity index (χ3n) is 27.9. The molecule has 0 bridgehead atoms. The molecule has 0 heterocycles. The molecule has 1 N–H and O–H groups in total. The Kier molecular flexibility index (Phi) is 24.4. The van der Waals surface area contributed by atoms with E-state index in [1.165, 1.54) is 0 Å². The van der Waals surface area contributed by atoms with Crippen LogP contribution in [-0.4, -0.2) is 12.2 Å². The fourth-order valence-corrected chi connectivity index (χ4v) is 21.5. The van der Waals surface area contributed by atoms with Gasteiger partial charge in [-0.15, -0.1) is 0 Å². The standard InChI is InChI=1S/C140H98O2/c1-142-119-84-82-116(83-85-119)140(141,117-88-112(124-92-120(96-50-18-2-19-51-96)128(100-58-26-6-27-59-100)136(108-74-42-14-43-75-108)132(124)104-66-34-10-35-67-104)86-113(89-117)125-93-121(97-52-20-3-21-53-97)129(101-60-28-7-29-61-101)137(109-76-44-15-45-77-109)133(125)105-68-36-11-37-69-105)118-90-114(126-94-122(98-54-22-4-23-55-98)130(102-62-30-8-31-63-102)138(110-78-46-16-47-79-110)134(126)106-70-38-12-39-71-106)87-115(91-118)127-95-123(99-56-24-5-25-57-99)131(103-64-32-9-33-65-103)139(111-80-48-17-49-81-111)135(127)107-72-40-13-41-73-107/h2-95,141H,1H3. The maximum absolute atomic E-state index is 17.2. The molecule has 23 aromatic rings. The first-order valence-corrected chi connectivity index (χ1v) is 48.8. The van der Waals surface area contributed by atoms with Gasteiger partial charge in [0, 0.05) is 0 Å². The summed E-state index contributed by atoms with van der Waals surface area (Å²) in [6.45, 7) is 0. The van der Waals surface area contributed by atoms with Gasteiger partial charge < -0.3 is 9.84 Å². The van der Waals surface area contributed by atoms with E-state index in [2.05, 4.69) is 558 Å². The lowest BCUT2D eigenvalue weighted by Gasteiger charge is -2.34. The number of benzene rings is 23. The van der Waals surface area contributed by atoms with Crippen molar-refractivity contribution < 1.29 is 9.84 Å². The zero-order chi connectivity index (χ0) is 95.1. The first-order chi connectivity index (χ1) is 70.3. The molecule has 2 heteroatoms. The summed E-state index contributed by atoms with van der Waals surface area (Å²) in [6, 6.07) is 208. The average Bonchev–Trinajstić information content (AvgIpc) is 0.720. The Balaban J connectivity index is 0.952. The second-order valence-corrected chi connectivity index (χ2v) is 36.3. The minimum Gasteiger partial charge on any atom is -0.497 e. The van der Waals surface area contributed by atoms with Gasteiger partial charge in [-0.1, -0.05) is 497 Å². The molecule has 23 aromatic carbocycles. The Bertz CT molecular complexity index is 7450. The Morgan fingerprint density at radius 1 is 0.127 bits per heavy atom. The molecule has 0 fully saturated rings. The van der Waals surface area contributed by atoms with Crippen LogP contribution < -0.4 is 4.74 Å². The van der Waals surface area contributed by atoms with E-state index in [1.54, 1.807) is 7.11 Å². The van der Waals surface area contributed by atoms with Crippen LogP contribution in [0.1, 0.15) is 16.7 Å². The second-order valence-electron chi connectivity index (χ2n) is 36.3. The lowest BCUT2D eigenvalue weighted by molar-refractivity contribution is 0.126. The van der Waals surface area contributed by atoms with Crippen LogP contribution in [0.4, 0.5) is 0 Å². The molecular weight excluding hydrogens is 1710 g/mol. The molecule has 0 saturated heterocycles. The Morgan fingerprint density at radius 3 is 0.408 bits per heavy atom. The van der Waals surface area contributed by atoms with E-state index in [4.69, 9.17) is 4.74 Å². The molecule has 23 rings (SSSR count). The lowest BCUT2D eigenvalue weighted by atomic mass is 9.73. The summed E-state index contributed by atoms with van der Waals surface area (Å²) in [6.07, 6.45) is 0. The molecule has 2 nitrogen and oxygen atoms in total. The summed E-state index contributed by atoms with van der Waals surface area (Å²) in [5.41, 5.74) is 40.6. The smallest absolute Gasteiger partial charge is 0.140 e. The highest BCUT2D eigenvalue weighted by Crippen LogP contribution is 2.59. The maximum atomic E-state index is 17.2. The number of hydrogen-bond acceptors (Lipinski definition) is 2. The topological polar surface area (TPSA) is 29.5 Å². The molecule has 142 heavy (non-hydrogen) atoms. The fraction of sp³-hybridized carbons (Fsp3) is 0.0143. The van der Waals surface area contributed by atoms with E-state index >= 15 is 5.11 Å². The van der Waals surface area contributed by atoms with Crippen LogP contribution in [-0.2, 0) is 5.60 Å². The molecule has 0 aliphatic carbocycles. The van der Waals surface area contributed by atoms with Gasteiger partial charge in [0.2, 0.25) is 0 Å². The van der Waals surface area contributed by atoms with Crippen molar-refractivity contribution in [1.29, 1.82) is 0 Å². The van der Waals surface area contributed by atoms with Gasteiger partial charge in [0.05, 0.1) is 7.11 Å². The highest BCUT2D eigenvalue weighted by molar-refractivity contribution is 6.14. The van der Waals surface area contributed by atoms with Crippen molar-refractivity contribution in [2.24, 2.45) is 0 Å². The van der Waals surface area contributed by atoms with Crippen LogP contribution in [0.2, 0.25) is 0 Å². The van der Waals surface area contributed by atoms with Gasteiger partial charge >= 0.3 is 0 Å². The zero-order valence-electron chi connectivity index (χ0n) is 78.6. The van der Waals surface area contributed by atoms with Crippen molar-refractivity contribution in [3.8, 4) is 228 Å². The van der Waals surface area contributed by atoms with E-state index in [0.717, 1.165) is 223 Å². The predicted octanol–water partition coefficient (Wildman–Crippen LogP) is 37.3. The van der Waals surface area contributed by atoms with Crippen LogP contribution in [0, 0.1) is 0 Å². The van der Waals surface area contributed by atoms with Crippen molar-refractivity contribution in [2.75, 3.05) is 7.11 Å². The van der Waals surface area contributed by atoms with Gasteiger partial charge in [-0.05, 0) is 312 Å². The molecule has 0 aliphatic rings. The number of aliphatic hydroxyl groups is 1. The molecule has 0 aliphatic heterocycles. The molecule has 0 saturated carbocycles. The number of rotatable bonds is 24. The summed E-state index contributed by atoms with van der Waals surface area (Å²) >= 11 is 0. The second kappa shape index (κ2) is 39.5. The number of hydrogen-bond donors (Lipinski definition) is 1. The predicted molar refractivity (Wildman–Crippen MR) is 597 cm³/mol. The zero-order valence-corrected chi connectivity index (χ0v) is 78.6. The van der Waals surface area contributed by atoms with Crippen molar-refractivity contribution in [3.05, 3.63) is 587 Å². The highest BCUT2D eigenvalue weighted by Gasteiger charge is 2.39. The summed E-state index contributed by atoms with van der Waals surface area (Å²) in [5, 5.41) is 17.2. The minimum atomic E-state index is -2.15. The summed E-state index contributed by atoms with van der Waals surface area (Å²) in [7, 11) is 1.72. The van der Waals surface area contributed by atoms with Gasteiger partial charge in [0.25, 0.3) is 0 Å². The largest absolute Gasteiger partial charge is 0.497 e. The maximum Gasteiger partial charge on any atom is 0.140 e. The van der Waals surface area contributed by atoms with E-state index in [1.807, 2.05) is 12.1 Å². The third kappa shape index (κ3) is 17.0. The Hall–Kier alpha value is -18.2. The molecular formula is C140H98O2. The van der Waals surface area contributed by atoms with Gasteiger partial charge in [-0.3, -0.25) is 0 Å². The summed E-state index contributed by atoms with van der Waals surface area (Å²) in [5.74, 6) is 0.636. The van der Waals surface area contributed by atoms with Gasteiger partial charge in [-0.25, -0.2) is 0 Å². The lowest BCUT2D eigenvalue weighted by Crippen LogP contribution is -2.29. The minimum absolute atomic E-state index is 0.602. The number of ether oxygens (including phenoxy) is 1. The molecule has 670 valence electrons. The highest BCUT2D eigenvalue weighted by atomic mass is 16.5. The molecule has 0 atom stereocenters. The number of methoxy groups -OCH3 is 1. The summed E-state index contributed by atoms with van der Waals surface area (Å²) < 4.78 is 6.29. The summed E-state index contributed by atoms with van der Waals surface area (Å²) in [4.78, 5) is 0. The van der Waals surface area contributed by atoms with E-state index in [-0.39, 0.29) is 0 Å². The van der Waals surface area contributed by atoms with Crippen molar-refractivity contribution in [3.63, 3.8) is 0 Å². The molecule has 0 amide bonds. The SMILES string of the molecule is COc1ccc(C(O)(c2cc(-c3cc(-c4ccccc4)c(-c4ccccc4)c(-c4ccccc4)c3-c3ccccc3)cc(-c3cc(-c4ccccc4)c(-c4ccccc4)c(-c4ccccc4)c3-c3ccccc3)c2)c2cc(-c3cc(-c4ccccc4)c(-c4ccccc4)c(-c4ccccc4)c3-c3ccccc3)cc(-c3cc(-c4ccccc4)c(-c4ccccc4)c(-c4ccccc4)c3-c3ccccc3)c2)cc1. The van der Waals surface area contributed by atoms with Crippen LogP contribution in [0.5, 0.6) is 5.75 Å². The Labute approximate surface area is 831 Å². The van der Waals surface area contributed by atoms with Crippen LogP contribution in [0.25, 0.3) is 223 Å². The molecule has 0 spiro atoms. The van der Waals surface area contributed by atoms with Gasteiger partial charge in [0.1, 0.15) is 11.4 Å². The average molecular weight is 1810 g/mol. The third-order valence-corrected chi connectivity index (χ3v) is 27.9. The van der Waals surface area contributed by atoms with Crippen LogP contribution >= 0.6 is 0 Å². The monoisotopic (exact) mass is 1810 g/mol. The first-order valence-electron chi connectivity index (χ1n) is 48.8. The fourth-order valence-electron chi connectivity index (χ4n) is 21.5. The van der Waals surface area contributed by atoms with E-state index in [0.29, 0.717) is 22.4 Å². The van der Waals surface area contributed by atoms with Crippen LogP contribution in [0.15, 0.2) is 570 Å². The molecule has 0 aromatic heterocycles. The van der Waals surface area contributed by atoms with E-state index in [9.17, 15) is 0 Å². The normalized spacial score (nSPS) is 11.3. The quantitative estimate of drug-likeness (QED) is 0.0611. The van der Waals surface area contributed by atoms with Crippen molar-refractivity contribution in [1.82, 2.24) is 0 Å². The first kappa shape index (κ1) is 87.8.